The maximum atomic E-state index is 11.1. The highest BCUT2D eigenvalue weighted by Crippen LogP contribution is 2.26. The molecule has 0 aliphatic heterocycles. The van der Waals surface area contributed by atoms with Gasteiger partial charge in [0.25, 0.3) is 0 Å². The van der Waals surface area contributed by atoms with Crippen molar-refractivity contribution in [3.63, 3.8) is 0 Å². The largest absolute Gasteiger partial charge is 0.494 e. The molecule has 0 spiro atoms. The van der Waals surface area contributed by atoms with E-state index in [1.54, 1.807) is 6.07 Å². The summed E-state index contributed by atoms with van der Waals surface area (Å²) in [4.78, 5) is 11.1. The Balaban J connectivity index is 2.50. The summed E-state index contributed by atoms with van der Waals surface area (Å²) < 4.78 is 5.40. The topological polar surface area (TPSA) is 46.5 Å². The van der Waals surface area contributed by atoms with Gasteiger partial charge in [0, 0.05) is 0 Å². The fourth-order valence-corrected chi connectivity index (χ4v) is 1.77. The Morgan fingerprint density at radius 2 is 1.83 bits per heavy atom. The Bertz CT molecular complexity index is 547. The van der Waals surface area contributed by atoms with Crippen LogP contribution in [0.1, 0.15) is 17.3 Å². The minimum atomic E-state index is -0.950. The lowest BCUT2D eigenvalue weighted by molar-refractivity contribution is 0.0696. The molecule has 0 aliphatic carbocycles. The maximum Gasteiger partial charge on any atom is 0.335 e. The van der Waals surface area contributed by atoms with Crippen LogP contribution in [0.3, 0.4) is 0 Å². The molecule has 3 nitrogen and oxygen atoms in total. The van der Waals surface area contributed by atoms with E-state index in [2.05, 4.69) is 0 Å². The van der Waals surface area contributed by atoms with Crippen molar-refractivity contribution in [1.29, 1.82) is 0 Å². The van der Waals surface area contributed by atoms with Gasteiger partial charge in [-0.25, -0.2) is 4.79 Å². The highest BCUT2D eigenvalue weighted by molar-refractivity contribution is 5.90. The van der Waals surface area contributed by atoms with Crippen LogP contribution >= 0.6 is 0 Å². The number of ether oxygens (including phenoxy) is 1. The zero-order valence-electron chi connectivity index (χ0n) is 10.1. The molecule has 2 aromatic rings. The number of aromatic carboxylic acids is 1. The van der Waals surface area contributed by atoms with Crippen LogP contribution < -0.4 is 4.74 Å². The van der Waals surface area contributed by atoms with E-state index in [0.29, 0.717) is 12.4 Å². The molecule has 2 rings (SSSR count). The Morgan fingerprint density at radius 3 is 2.44 bits per heavy atom. The zero-order valence-corrected chi connectivity index (χ0v) is 10.1. The summed E-state index contributed by atoms with van der Waals surface area (Å²) in [5, 5.41) is 9.09. The van der Waals surface area contributed by atoms with E-state index in [4.69, 9.17) is 9.84 Å². The second-order valence-corrected chi connectivity index (χ2v) is 3.85. The highest BCUT2D eigenvalue weighted by Gasteiger charge is 2.08. The summed E-state index contributed by atoms with van der Waals surface area (Å²) >= 11 is 0. The first-order valence-corrected chi connectivity index (χ1v) is 5.77. The first-order valence-electron chi connectivity index (χ1n) is 5.77. The van der Waals surface area contributed by atoms with E-state index in [-0.39, 0.29) is 5.56 Å². The van der Waals surface area contributed by atoms with Crippen LogP contribution in [0.15, 0.2) is 48.5 Å². The Labute approximate surface area is 106 Å². The summed E-state index contributed by atoms with van der Waals surface area (Å²) in [6, 6.07) is 14.7. The van der Waals surface area contributed by atoms with Crippen LogP contribution in [0.5, 0.6) is 5.75 Å². The van der Waals surface area contributed by atoms with Gasteiger partial charge in [0.15, 0.2) is 0 Å². The van der Waals surface area contributed by atoms with Crippen LogP contribution in [0.2, 0.25) is 0 Å². The summed E-state index contributed by atoms with van der Waals surface area (Å²) in [7, 11) is 0. The second-order valence-electron chi connectivity index (χ2n) is 3.85. The number of carbonyl (C=O) groups is 1. The third kappa shape index (κ3) is 2.69. The van der Waals surface area contributed by atoms with E-state index < -0.39 is 5.97 Å². The number of hydrogen-bond acceptors (Lipinski definition) is 2. The molecule has 1 N–H and O–H groups in total. The quantitative estimate of drug-likeness (QED) is 0.893. The lowest BCUT2D eigenvalue weighted by Gasteiger charge is -2.08. The van der Waals surface area contributed by atoms with Gasteiger partial charge in [-0.2, -0.15) is 0 Å². The Kier molecular flexibility index (Phi) is 3.63. The van der Waals surface area contributed by atoms with Gasteiger partial charge in [-0.3, -0.25) is 0 Å². The first-order chi connectivity index (χ1) is 8.70. The molecule has 0 aliphatic rings. The van der Waals surface area contributed by atoms with Crippen molar-refractivity contribution in [3.05, 3.63) is 54.1 Å². The molecule has 0 fully saturated rings. The van der Waals surface area contributed by atoms with Crippen molar-refractivity contribution in [1.82, 2.24) is 0 Å². The zero-order chi connectivity index (χ0) is 13.0. The molecular weight excluding hydrogens is 228 g/mol. The van der Waals surface area contributed by atoms with Gasteiger partial charge in [0.1, 0.15) is 5.75 Å². The number of carboxylic acids is 1. The molecule has 18 heavy (non-hydrogen) atoms. The van der Waals surface area contributed by atoms with Crippen molar-refractivity contribution in [2.45, 2.75) is 6.92 Å². The third-order valence-electron chi connectivity index (χ3n) is 2.57. The van der Waals surface area contributed by atoms with Crippen LogP contribution in [0.25, 0.3) is 11.1 Å². The van der Waals surface area contributed by atoms with Gasteiger partial charge in [-0.05, 0) is 36.2 Å². The fourth-order valence-electron chi connectivity index (χ4n) is 1.77. The molecule has 0 unspecified atom stereocenters. The second kappa shape index (κ2) is 5.36. The SMILES string of the molecule is CCOc1cc(C(=O)O)cc(-c2ccccc2)c1. The van der Waals surface area contributed by atoms with Crippen molar-refractivity contribution in [2.24, 2.45) is 0 Å². The molecule has 0 heterocycles. The smallest absolute Gasteiger partial charge is 0.335 e. The minimum absolute atomic E-state index is 0.236. The predicted octanol–water partition coefficient (Wildman–Crippen LogP) is 3.45. The Morgan fingerprint density at radius 1 is 1.11 bits per heavy atom. The van der Waals surface area contributed by atoms with E-state index in [1.807, 2.05) is 43.3 Å². The van der Waals surface area contributed by atoms with Gasteiger partial charge < -0.3 is 9.84 Å². The number of carboxylic acid groups (broad SMARTS) is 1. The number of rotatable bonds is 4. The van der Waals surface area contributed by atoms with E-state index in [0.717, 1.165) is 11.1 Å². The average molecular weight is 242 g/mol. The van der Waals surface area contributed by atoms with Gasteiger partial charge in [0.05, 0.1) is 12.2 Å². The normalized spacial score (nSPS) is 10.1. The van der Waals surface area contributed by atoms with Gasteiger partial charge in [0.2, 0.25) is 0 Å². The molecular formula is C15H14O3. The van der Waals surface area contributed by atoms with Crippen LogP contribution in [0.4, 0.5) is 0 Å². The maximum absolute atomic E-state index is 11.1. The molecule has 0 amide bonds. The number of hydrogen-bond donors (Lipinski definition) is 1. The van der Waals surface area contributed by atoms with Crippen molar-refractivity contribution < 1.29 is 14.6 Å². The molecule has 92 valence electrons. The molecule has 0 saturated heterocycles. The molecule has 2 aromatic carbocycles. The molecule has 0 radical (unpaired) electrons. The molecule has 3 heteroatoms. The van der Waals surface area contributed by atoms with Gasteiger partial charge in [-0.15, -0.1) is 0 Å². The van der Waals surface area contributed by atoms with Crippen molar-refractivity contribution in [2.75, 3.05) is 6.61 Å². The summed E-state index contributed by atoms with van der Waals surface area (Å²) in [5.74, 6) is -0.370. The average Bonchev–Trinajstić information content (AvgIpc) is 2.40. The molecule has 0 saturated carbocycles. The first kappa shape index (κ1) is 12.2. The number of benzene rings is 2. The van der Waals surface area contributed by atoms with Crippen LogP contribution in [-0.2, 0) is 0 Å². The molecule has 0 bridgehead atoms. The highest BCUT2D eigenvalue weighted by atomic mass is 16.5. The molecule has 0 aromatic heterocycles. The van der Waals surface area contributed by atoms with Crippen molar-refractivity contribution >= 4 is 5.97 Å². The Hall–Kier alpha value is -2.29. The lowest BCUT2D eigenvalue weighted by Crippen LogP contribution is -1.99. The predicted molar refractivity (Wildman–Crippen MR) is 70.0 cm³/mol. The third-order valence-corrected chi connectivity index (χ3v) is 2.57. The monoisotopic (exact) mass is 242 g/mol. The fraction of sp³-hybridized carbons (Fsp3) is 0.133. The lowest BCUT2D eigenvalue weighted by atomic mass is 10.0. The van der Waals surface area contributed by atoms with Gasteiger partial charge >= 0.3 is 5.97 Å². The molecule has 0 atom stereocenters. The van der Waals surface area contributed by atoms with Crippen LogP contribution in [0, 0.1) is 0 Å². The standard InChI is InChI=1S/C15H14O3/c1-2-18-14-9-12(8-13(10-14)15(16)17)11-6-4-3-5-7-11/h3-10H,2H2,1H3,(H,16,17). The summed E-state index contributed by atoms with van der Waals surface area (Å²) in [6.45, 7) is 2.38. The minimum Gasteiger partial charge on any atom is -0.494 e. The van der Waals surface area contributed by atoms with Crippen LogP contribution in [-0.4, -0.2) is 17.7 Å². The van der Waals surface area contributed by atoms with Gasteiger partial charge in [-0.1, -0.05) is 30.3 Å². The summed E-state index contributed by atoms with van der Waals surface area (Å²) in [5.41, 5.74) is 2.06. The summed E-state index contributed by atoms with van der Waals surface area (Å²) in [6.07, 6.45) is 0. The van der Waals surface area contributed by atoms with E-state index >= 15 is 0 Å². The van der Waals surface area contributed by atoms with E-state index in [1.165, 1.54) is 6.07 Å². The van der Waals surface area contributed by atoms with E-state index in [9.17, 15) is 4.79 Å². The van der Waals surface area contributed by atoms with Crippen molar-refractivity contribution in [3.8, 4) is 16.9 Å².